The maximum atomic E-state index is 8.60. The van der Waals surface area contributed by atoms with Crippen LogP contribution >= 0.6 is 0 Å². The maximum Gasteiger partial charge on any atom is 0.131 e. The van der Waals surface area contributed by atoms with Crippen molar-refractivity contribution >= 4 is 0 Å². The molecule has 0 radical (unpaired) electrons. The predicted octanol–water partition coefficient (Wildman–Crippen LogP) is 1.53. The van der Waals surface area contributed by atoms with Gasteiger partial charge in [-0.1, -0.05) is 0 Å². The number of nitriles is 2. The second-order valence-corrected chi connectivity index (χ2v) is 2.92. The second-order valence-electron chi connectivity index (χ2n) is 2.92. The van der Waals surface area contributed by atoms with Gasteiger partial charge in [-0.15, -0.1) is 0 Å². The third-order valence-corrected chi connectivity index (χ3v) is 1.98. The standard InChI is InChI=1S/C9H10N2O/c1-6-3-9(7(2)12-6)8(4-10)5-11/h6-7H,3H2,1-2H3. The molecule has 3 nitrogen and oxygen atoms in total. The van der Waals surface area contributed by atoms with Gasteiger partial charge in [-0.2, -0.15) is 10.5 Å². The molecule has 1 aliphatic heterocycles. The predicted molar refractivity (Wildman–Crippen MR) is 42.9 cm³/mol. The summed E-state index contributed by atoms with van der Waals surface area (Å²) in [5.41, 5.74) is 1.05. The third-order valence-electron chi connectivity index (χ3n) is 1.98. The van der Waals surface area contributed by atoms with E-state index in [2.05, 4.69) is 0 Å². The second kappa shape index (κ2) is 3.38. The summed E-state index contributed by atoms with van der Waals surface area (Å²) < 4.78 is 5.40. The Morgan fingerprint density at radius 2 is 2.00 bits per heavy atom. The first-order chi connectivity index (χ1) is 5.69. The Labute approximate surface area is 71.9 Å². The van der Waals surface area contributed by atoms with Crippen LogP contribution in [0.15, 0.2) is 11.1 Å². The topological polar surface area (TPSA) is 56.8 Å². The molecule has 0 aromatic heterocycles. The van der Waals surface area contributed by atoms with Gasteiger partial charge < -0.3 is 4.74 Å². The SMILES string of the molecule is CC1CC(=C(C#N)C#N)C(C)O1. The van der Waals surface area contributed by atoms with Crippen molar-refractivity contribution in [3.05, 3.63) is 11.1 Å². The lowest BCUT2D eigenvalue weighted by Gasteiger charge is -2.03. The molecule has 1 aliphatic rings. The van der Waals surface area contributed by atoms with Crippen molar-refractivity contribution in [2.45, 2.75) is 32.5 Å². The summed E-state index contributed by atoms with van der Waals surface area (Å²) in [6.45, 7) is 3.81. The fraction of sp³-hybridized carbons (Fsp3) is 0.556. The van der Waals surface area contributed by atoms with Gasteiger partial charge in [0.1, 0.15) is 17.7 Å². The van der Waals surface area contributed by atoms with Crippen molar-refractivity contribution < 1.29 is 4.74 Å². The summed E-state index contributed by atoms with van der Waals surface area (Å²) in [7, 11) is 0. The van der Waals surface area contributed by atoms with Gasteiger partial charge in [-0.25, -0.2) is 0 Å². The van der Waals surface area contributed by atoms with E-state index in [9.17, 15) is 0 Å². The first-order valence-electron chi connectivity index (χ1n) is 3.87. The molecule has 0 spiro atoms. The molecular formula is C9H10N2O. The molecule has 1 rings (SSSR count). The maximum absolute atomic E-state index is 8.60. The minimum Gasteiger partial charge on any atom is -0.371 e. The summed E-state index contributed by atoms with van der Waals surface area (Å²) in [5.74, 6) is 0. The monoisotopic (exact) mass is 162 g/mol. The zero-order valence-electron chi connectivity index (χ0n) is 7.16. The van der Waals surface area contributed by atoms with Crippen molar-refractivity contribution in [1.82, 2.24) is 0 Å². The summed E-state index contributed by atoms with van der Waals surface area (Å²) in [4.78, 5) is 0. The number of nitrogens with zero attached hydrogens (tertiary/aromatic N) is 2. The number of hydrogen-bond donors (Lipinski definition) is 0. The minimum atomic E-state index is -0.0747. The Hall–Kier alpha value is -1.32. The smallest absolute Gasteiger partial charge is 0.131 e. The molecule has 2 unspecified atom stereocenters. The van der Waals surface area contributed by atoms with Crippen LogP contribution in [0.4, 0.5) is 0 Å². The van der Waals surface area contributed by atoms with Crippen LogP contribution < -0.4 is 0 Å². The van der Waals surface area contributed by atoms with Gasteiger partial charge in [0.2, 0.25) is 0 Å². The summed E-state index contributed by atoms with van der Waals surface area (Å²) >= 11 is 0. The molecule has 2 atom stereocenters. The van der Waals surface area contributed by atoms with Crippen molar-refractivity contribution in [3.63, 3.8) is 0 Å². The van der Waals surface area contributed by atoms with Crippen LogP contribution in [-0.2, 0) is 4.74 Å². The highest BCUT2D eigenvalue weighted by molar-refractivity contribution is 5.42. The van der Waals surface area contributed by atoms with E-state index >= 15 is 0 Å². The Bertz CT molecular complexity index is 277. The lowest BCUT2D eigenvalue weighted by Crippen LogP contribution is -2.04. The van der Waals surface area contributed by atoms with E-state index < -0.39 is 0 Å². The van der Waals surface area contributed by atoms with Crippen molar-refractivity contribution in [2.24, 2.45) is 0 Å². The normalized spacial score (nSPS) is 27.8. The van der Waals surface area contributed by atoms with Crippen molar-refractivity contribution in [3.8, 4) is 12.1 Å². The first-order valence-corrected chi connectivity index (χ1v) is 3.87. The number of allylic oxidation sites excluding steroid dienone is 1. The largest absolute Gasteiger partial charge is 0.371 e. The van der Waals surface area contributed by atoms with Crippen LogP contribution in [0.1, 0.15) is 20.3 Å². The third kappa shape index (κ3) is 1.47. The van der Waals surface area contributed by atoms with Gasteiger partial charge in [0.15, 0.2) is 0 Å². The van der Waals surface area contributed by atoms with E-state index in [0.717, 1.165) is 5.57 Å². The van der Waals surface area contributed by atoms with E-state index in [1.165, 1.54) is 0 Å². The summed E-state index contributed by atoms with van der Waals surface area (Å²) in [6, 6.07) is 3.77. The quantitative estimate of drug-likeness (QED) is 0.507. The Kier molecular flexibility index (Phi) is 2.47. The molecule has 0 aliphatic carbocycles. The van der Waals surface area contributed by atoms with E-state index in [0.29, 0.717) is 6.42 Å². The van der Waals surface area contributed by atoms with E-state index in [1.807, 2.05) is 26.0 Å². The molecule has 0 aromatic rings. The molecule has 12 heavy (non-hydrogen) atoms. The van der Waals surface area contributed by atoms with Gasteiger partial charge in [-0.05, 0) is 25.8 Å². The fourth-order valence-corrected chi connectivity index (χ4v) is 1.43. The molecule has 1 heterocycles. The minimum absolute atomic E-state index is 0.0747. The molecule has 0 bridgehead atoms. The van der Waals surface area contributed by atoms with Crippen LogP contribution in [0.5, 0.6) is 0 Å². The summed E-state index contributed by atoms with van der Waals surface area (Å²) in [6.07, 6.45) is 0.762. The van der Waals surface area contributed by atoms with Gasteiger partial charge in [0.05, 0.1) is 12.2 Å². The van der Waals surface area contributed by atoms with Crippen LogP contribution in [-0.4, -0.2) is 12.2 Å². The average molecular weight is 162 g/mol. The molecule has 1 saturated heterocycles. The van der Waals surface area contributed by atoms with Crippen LogP contribution in [0.2, 0.25) is 0 Å². The van der Waals surface area contributed by atoms with Crippen LogP contribution in [0.25, 0.3) is 0 Å². The van der Waals surface area contributed by atoms with Crippen molar-refractivity contribution in [1.29, 1.82) is 10.5 Å². The summed E-state index contributed by atoms with van der Waals surface area (Å²) in [5, 5.41) is 17.2. The van der Waals surface area contributed by atoms with E-state index in [-0.39, 0.29) is 17.8 Å². The van der Waals surface area contributed by atoms with Gasteiger partial charge in [0.25, 0.3) is 0 Å². The highest BCUT2D eigenvalue weighted by Gasteiger charge is 2.26. The zero-order chi connectivity index (χ0) is 9.14. The van der Waals surface area contributed by atoms with Gasteiger partial charge >= 0.3 is 0 Å². The van der Waals surface area contributed by atoms with Crippen molar-refractivity contribution in [2.75, 3.05) is 0 Å². The molecule has 3 heteroatoms. The van der Waals surface area contributed by atoms with Gasteiger partial charge in [-0.3, -0.25) is 0 Å². The number of ether oxygens (including phenoxy) is 1. The van der Waals surface area contributed by atoms with E-state index in [1.54, 1.807) is 0 Å². The zero-order valence-corrected chi connectivity index (χ0v) is 7.16. The lowest BCUT2D eigenvalue weighted by atomic mass is 10.0. The lowest BCUT2D eigenvalue weighted by molar-refractivity contribution is 0.0744. The number of rotatable bonds is 0. The molecule has 1 fully saturated rings. The fourth-order valence-electron chi connectivity index (χ4n) is 1.43. The van der Waals surface area contributed by atoms with Crippen LogP contribution in [0.3, 0.4) is 0 Å². The molecular weight excluding hydrogens is 152 g/mol. The van der Waals surface area contributed by atoms with E-state index in [4.69, 9.17) is 15.3 Å². The number of hydrogen-bond acceptors (Lipinski definition) is 3. The molecule has 0 amide bonds. The Morgan fingerprint density at radius 3 is 2.33 bits per heavy atom. The Balaban J connectivity index is 2.97. The Morgan fingerprint density at radius 1 is 1.42 bits per heavy atom. The first kappa shape index (κ1) is 8.77. The molecule has 0 N–H and O–H groups in total. The highest BCUT2D eigenvalue weighted by Crippen LogP contribution is 2.27. The van der Waals surface area contributed by atoms with Crippen LogP contribution in [0, 0.1) is 22.7 Å². The van der Waals surface area contributed by atoms with Gasteiger partial charge in [0, 0.05) is 0 Å². The average Bonchev–Trinajstić information content (AvgIpc) is 2.34. The highest BCUT2D eigenvalue weighted by atomic mass is 16.5. The molecule has 0 saturated carbocycles. The molecule has 62 valence electrons. The molecule has 0 aromatic carbocycles.